The molecule has 1 aromatic heterocycles. The Morgan fingerprint density at radius 3 is 1.23 bits per heavy atom. The Morgan fingerprint density at radius 1 is 0.487 bits per heavy atom. The van der Waals surface area contributed by atoms with Crippen LogP contribution in [0.2, 0.25) is 0 Å². The van der Waals surface area contributed by atoms with Gasteiger partial charge >= 0.3 is 0 Å². The van der Waals surface area contributed by atoms with Crippen molar-refractivity contribution in [3.8, 4) is 0 Å². The standard InChI is InChI=1S/C33H31N3O2S/c37-39(38,36(26-30-17-9-3-10-18-30)27-31-19-11-4-12-20-31)32-21-22-33(34-23-32)35(24-28-13-5-1-6-14-28)25-29-15-7-2-8-16-29/h1-23H,24-27H2. The molecule has 0 aliphatic rings. The van der Waals surface area contributed by atoms with Gasteiger partial charge in [-0.2, -0.15) is 4.31 Å². The maximum atomic E-state index is 13.9. The Kier molecular flexibility index (Phi) is 8.46. The minimum absolute atomic E-state index is 0.178. The van der Waals surface area contributed by atoms with Crippen LogP contribution in [-0.2, 0) is 36.2 Å². The van der Waals surface area contributed by atoms with Gasteiger partial charge in [0.2, 0.25) is 10.0 Å². The fraction of sp³-hybridized carbons (Fsp3) is 0.121. The molecule has 0 spiro atoms. The van der Waals surface area contributed by atoms with Crippen molar-refractivity contribution in [1.82, 2.24) is 9.29 Å². The predicted molar refractivity (Wildman–Crippen MR) is 156 cm³/mol. The zero-order valence-electron chi connectivity index (χ0n) is 21.7. The molecule has 0 aliphatic heterocycles. The minimum atomic E-state index is -3.81. The molecule has 1 heterocycles. The average Bonchev–Trinajstić information content (AvgIpc) is 2.99. The molecule has 0 fully saturated rings. The first-order valence-corrected chi connectivity index (χ1v) is 14.4. The van der Waals surface area contributed by atoms with Crippen molar-refractivity contribution < 1.29 is 8.42 Å². The van der Waals surface area contributed by atoms with Crippen molar-refractivity contribution >= 4 is 15.8 Å². The van der Waals surface area contributed by atoms with Crippen LogP contribution >= 0.6 is 0 Å². The minimum Gasteiger partial charge on any atom is -0.348 e. The summed E-state index contributed by atoms with van der Waals surface area (Å²) in [6.45, 7) is 1.86. The Bertz CT molecular complexity index is 1460. The lowest BCUT2D eigenvalue weighted by atomic mass is 10.1. The lowest BCUT2D eigenvalue weighted by Crippen LogP contribution is -2.30. The highest BCUT2D eigenvalue weighted by Gasteiger charge is 2.26. The molecule has 5 nitrogen and oxygen atoms in total. The lowest BCUT2D eigenvalue weighted by Gasteiger charge is -2.25. The number of anilines is 1. The molecule has 0 atom stereocenters. The monoisotopic (exact) mass is 533 g/mol. The van der Waals surface area contributed by atoms with E-state index in [1.807, 2.05) is 103 Å². The highest BCUT2D eigenvalue weighted by atomic mass is 32.2. The van der Waals surface area contributed by atoms with E-state index in [0.717, 1.165) is 28.1 Å². The van der Waals surface area contributed by atoms with Crippen molar-refractivity contribution in [3.05, 3.63) is 162 Å². The van der Waals surface area contributed by atoms with Crippen LogP contribution in [0.3, 0.4) is 0 Å². The summed E-state index contributed by atoms with van der Waals surface area (Å²) < 4.78 is 29.3. The summed E-state index contributed by atoms with van der Waals surface area (Å²) in [6, 6.07) is 43.2. The number of rotatable bonds is 11. The van der Waals surface area contributed by atoms with Gasteiger partial charge in [-0.15, -0.1) is 0 Å². The van der Waals surface area contributed by atoms with Crippen LogP contribution in [0.15, 0.2) is 145 Å². The number of sulfonamides is 1. The molecular formula is C33H31N3O2S. The van der Waals surface area contributed by atoms with Gasteiger partial charge in [0, 0.05) is 32.4 Å². The molecule has 0 bridgehead atoms. The van der Waals surface area contributed by atoms with E-state index in [9.17, 15) is 8.42 Å². The molecule has 196 valence electrons. The van der Waals surface area contributed by atoms with E-state index in [1.165, 1.54) is 10.5 Å². The average molecular weight is 534 g/mol. The first-order valence-electron chi connectivity index (χ1n) is 12.9. The molecule has 4 aromatic carbocycles. The van der Waals surface area contributed by atoms with Gasteiger partial charge in [-0.3, -0.25) is 0 Å². The van der Waals surface area contributed by atoms with E-state index in [0.29, 0.717) is 13.1 Å². The summed E-state index contributed by atoms with van der Waals surface area (Å²) in [5, 5.41) is 0. The molecule has 0 radical (unpaired) electrons. The quantitative estimate of drug-likeness (QED) is 0.190. The third-order valence-electron chi connectivity index (χ3n) is 6.52. The van der Waals surface area contributed by atoms with Gasteiger partial charge < -0.3 is 4.90 Å². The van der Waals surface area contributed by atoms with Gasteiger partial charge in [0.05, 0.1) is 0 Å². The van der Waals surface area contributed by atoms with Gasteiger partial charge in [0.25, 0.3) is 0 Å². The van der Waals surface area contributed by atoms with E-state index < -0.39 is 10.0 Å². The van der Waals surface area contributed by atoms with Crippen LogP contribution in [0.25, 0.3) is 0 Å². The fourth-order valence-corrected chi connectivity index (χ4v) is 5.85. The second-order valence-electron chi connectivity index (χ2n) is 9.42. The summed E-state index contributed by atoms with van der Waals surface area (Å²) in [7, 11) is -3.81. The largest absolute Gasteiger partial charge is 0.348 e. The molecule has 0 amide bonds. The number of pyridine rings is 1. The number of hydrogen-bond donors (Lipinski definition) is 0. The normalized spacial score (nSPS) is 11.4. The molecular weight excluding hydrogens is 502 g/mol. The fourth-order valence-electron chi connectivity index (χ4n) is 4.49. The first kappa shape index (κ1) is 26.4. The lowest BCUT2D eigenvalue weighted by molar-refractivity contribution is 0.401. The smallest absolute Gasteiger partial charge is 0.245 e. The van der Waals surface area contributed by atoms with Crippen LogP contribution in [0.4, 0.5) is 5.82 Å². The second kappa shape index (κ2) is 12.5. The van der Waals surface area contributed by atoms with Gasteiger partial charge in [-0.1, -0.05) is 121 Å². The van der Waals surface area contributed by atoms with Crippen LogP contribution in [0.5, 0.6) is 0 Å². The molecule has 0 aliphatic carbocycles. The van der Waals surface area contributed by atoms with Gasteiger partial charge in [-0.05, 0) is 34.4 Å². The zero-order chi connectivity index (χ0) is 26.9. The van der Waals surface area contributed by atoms with Crippen LogP contribution < -0.4 is 4.90 Å². The third kappa shape index (κ3) is 6.99. The van der Waals surface area contributed by atoms with Crippen molar-refractivity contribution in [2.24, 2.45) is 0 Å². The number of hydrogen-bond acceptors (Lipinski definition) is 4. The highest BCUT2D eigenvalue weighted by Crippen LogP contribution is 2.24. The van der Waals surface area contributed by atoms with Crippen LogP contribution in [-0.4, -0.2) is 17.7 Å². The molecule has 0 saturated carbocycles. The molecule has 5 rings (SSSR count). The Labute approximate surface area is 231 Å². The van der Waals surface area contributed by atoms with E-state index in [4.69, 9.17) is 0 Å². The topological polar surface area (TPSA) is 53.5 Å². The molecule has 0 N–H and O–H groups in total. The maximum absolute atomic E-state index is 13.9. The summed E-state index contributed by atoms with van der Waals surface area (Å²) in [4.78, 5) is 6.99. The van der Waals surface area contributed by atoms with Crippen LogP contribution in [0.1, 0.15) is 22.3 Å². The van der Waals surface area contributed by atoms with E-state index in [2.05, 4.69) is 34.1 Å². The van der Waals surface area contributed by atoms with Crippen molar-refractivity contribution in [3.63, 3.8) is 0 Å². The van der Waals surface area contributed by atoms with Gasteiger partial charge in [0.15, 0.2) is 0 Å². The van der Waals surface area contributed by atoms with Gasteiger partial charge in [0.1, 0.15) is 10.7 Å². The van der Waals surface area contributed by atoms with Crippen molar-refractivity contribution in [1.29, 1.82) is 0 Å². The summed E-state index contributed by atoms with van der Waals surface area (Å²) in [6.07, 6.45) is 1.48. The number of benzene rings is 4. The molecule has 6 heteroatoms. The number of aromatic nitrogens is 1. The van der Waals surface area contributed by atoms with E-state index in [1.54, 1.807) is 6.07 Å². The molecule has 0 saturated heterocycles. The number of nitrogens with zero attached hydrogens (tertiary/aromatic N) is 3. The zero-order valence-corrected chi connectivity index (χ0v) is 22.5. The van der Waals surface area contributed by atoms with E-state index >= 15 is 0 Å². The highest BCUT2D eigenvalue weighted by molar-refractivity contribution is 7.89. The molecule has 39 heavy (non-hydrogen) atoms. The second-order valence-corrected chi connectivity index (χ2v) is 11.4. The van der Waals surface area contributed by atoms with Crippen molar-refractivity contribution in [2.75, 3.05) is 4.90 Å². The summed E-state index contributed by atoms with van der Waals surface area (Å²) in [5.41, 5.74) is 4.17. The summed E-state index contributed by atoms with van der Waals surface area (Å²) >= 11 is 0. The summed E-state index contributed by atoms with van der Waals surface area (Å²) in [5.74, 6) is 0.722. The maximum Gasteiger partial charge on any atom is 0.245 e. The van der Waals surface area contributed by atoms with E-state index in [-0.39, 0.29) is 18.0 Å². The SMILES string of the molecule is O=S(=O)(c1ccc(N(Cc2ccccc2)Cc2ccccc2)nc1)N(Cc1ccccc1)Cc1ccccc1. The molecule has 5 aromatic rings. The Morgan fingerprint density at radius 2 is 0.872 bits per heavy atom. The van der Waals surface area contributed by atoms with Crippen LogP contribution in [0, 0.1) is 0 Å². The predicted octanol–water partition coefficient (Wildman–Crippen LogP) is 6.68. The Hall–Kier alpha value is -4.26. The van der Waals surface area contributed by atoms with Crippen molar-refractivity contribution in [2.45, 2.75) is 31.1 Å². The molecule has 0 unspecified atom stereocenters. The Balaban J connectivity index is 1.43. The third-order valence-corrected chi connectivity index (χ3v) is 8.29. The first-order chi connectivity index (χ1) is 19.1. The van der Waals surface area contributed by atoms with Gasteiger partial charge in [-0.25, -0.2) is 13.4 Å².